The molecule has 7 heteroatoms. The minimum Gasteiger partial charge on any atom is -0.361 e. The summed E-state index contributed by atoms with van der Waals surface area (Å²) >= 11 is 0. The summed E-state index contributed by atoms with van der Waals surface area (Å²) in [5.41, 5.74) is 4.51. The molecule has 74 valence electrons. The average Bonchev–Trinajstić information content (AvgIpc) is 2.03. The third-order valence-electron chi connectivity index (χ3n) is 1.06. The van der Waals surface area contributed by atoms with Crippen molar-refractivity contribution in [3.05, 3.63) is 11.9 Å². The Bertz CT molecular complexity index is 248. The molecule has 3 N–H and O–H groups in total. The molecule has 0 unspecified atom stereocenters. The Morgan fingerprint density at radius 3 is 2.15 bits per heavy atom. The molecule has 0 aromatic heterocycles. The maximum Gasteiger partial charge on any atom is 0.309 e. The predicted octanol–water partition coefficient (Wildman–Crippen LogP) is 0.0556. The summed E-state index contributed by atoms with van der Waals surface area (Å²) in [7, 11) is 0. The van der Waals surface area contributed by atoms with Crippen LogP contribution in [0.1, 0.15) is 6.42 Å². The molecule has 0 saturated heterocycles. The third-order valence-corrected chi connectivity index (χ3v) is 1.06. The van der Waals surface area contributed by atoms with E-state index in [4.69, 9.17) is 0 Å². The highest BCUT2D eigenvalue weighted by Crippen LogP contribution is 2.11. The molecule has 2 amide bonds. The van der Waals surface area contributed by atoms with Gasteiger partial charge in [0.25, 0.3) is 0 Å². The van der Waals surface area contributed by atoms with Gasteiger partial charge >= 0.3 is 17.9 Å². The fourth-order valence-electron chi connectivity index (χ4n) is 0.467. The van der Waals surface area contributed by atoms with E-state index >= 15 is 0 Å². The van der Waals surface area contributed by atoms with Crippen LogP contribution in [0.4, 0.5) is 13.2 Å². The number of amides is 2. The molecular formula is C6H7F3N2O2. The zero-order valence-electron chi connectivity index (χ0n) is 6.44. The monoisotopic (exact) mass is 196 g/mol. The van der Waals surface area contributed by atoms with Crippen molar-refractivity contribution in [2.75, 3.05) is 6.54 Å². The molecule has 0 bridgehead atoms. The van der Waals surface area contributed by atoms with Gasteiger partial charge in [-0.05, 0) is 0 Å². The van der Waals surface area contributed by atoms with Gasteiger partial charge in [-0.25, -0.2) is 4.39 Å². The van der Waals surface area contributed by atoms with E-state index in [1.54, 1.807) is 0 Å². The first-order valence-corrected chi connectivity index (χ1v) is 3.22. The van der Waals surface area contributed by atoms with Crippen LogP contribution < -0.4 is 11.1 Å². The van der Waals surface area contributed by atoms with Crippen molar-refractivity contribution in [3.8, 4) is 0 Å². The van der Waals surface area contributed by atoms with Crippen LogP contribution in [0, 0.1) is 0 Å². The van der Waals surface area contributed by atoms with Crippen LogP contribution in [0.15, 0.2) is 11.9 Å². The second kappa shape index (κ2) is 5.18. The van der Waals surface area contributed by atoms with Crippen LogP contribution in [0.25, 0.3) is 0 Å². The van der Waals surface area contributed by atoms with Gasteiger partial charge in [-0.15, -0.1) is 0 Å². The van der Waals surface area contributed by atoms with E-state index in [9.17, 15) is 22.8 Å². The van der Waals surface area contributed by atoms with Crippen LogP contribution in [0.5, 0.6) is 0 Å². The lowest BCUT2D eigenvalue weighted by molar-refractivity contribution is -0.137. The van der Waals surface area contributed by atoms with E-state index in [1.807, 2.05) is 5.32 Å². The zero-order valence-corrected chi connectivity index (χ0v) is 6.44. The molecule has 0 aromatic rings. The first-order valence-electron chi connectivity index (χ1n) is 3.22. The average molecular weight is 196 g/mol. The predicted molar refractivity (Wildman–Crippen MR) is 37.2 cm³/mol. The molecule has 0 saturated carbocycles. The second-order valence-electron chi connectivity index (χ2n) is 2.04. The van der Waals surface area contributed by atoms with Gasteiger partial charge in [-0.1, -0.05) is 0 Å². The lowest BCUT2D eigenvalue weighted by atomic mass is 10.4. The van der Waals surface area contributed by atoms with Crippen LogP contribution in [0.2, 0.25) is 0 Å². The summed E-state index contributed by atoms with van der Waals surface area (Å²) in [4.78, 5) is 20.4. The number of halogens is 3. The van der Waals surface area contributed by atoms with Gasteiger partial charge in [-0.2, -0.15) is 8.78 Å². The largest absolute Gasteiger partial charge is 0.361 e. The number of hydrogen-bond donors (Lipinski definition) is 2. The molecule has 0 spiro atoms. The van der Waals surface area contributed by atoms with Crippen molar-refractivity contribution in [2.24, 2.45) is 5.73 Å². The van der Waals surface area contributed by atoms with Crippen LogP contribution >= 0.6 is 0 Å². The Balaban J connectivity index is 3.76. The van der Waals surface area contributed by atoms with Gasteiger partial charge in [0.1, 0.15) is 0 Å². The topological polar surface area (TPSA) is 72.2 Å². The highest BCUT2D eigenvalue weighted by atomic mass is 19.3. The van der Waals surface area contributed by atoms with Crippen LogP contribution in [-0.2, 0) is 9.59 Å². The van der Waals surface area contributed by atoms with Gasteiger partial charge in [-0.3, -0.25) is 9.59 Å². The molecule has 0 heterocycles. The maximum absolute atomic E-state index is 12.0. The zero-order chi connectivity index (χ0) is 10.4. The van der Waals surface area contributed by atoms with Crippen molar-refractivity contribution in [2.45, 2.75) is 6.42 Å². The summed E-state index contributed by atoms with van der Waals surface area (Å²) < 4.78 is 34.9. The van der Waals surface area contributed by atoms with Crippen molar-refractivity contribution in [1.29, 1.82) is 0 Å². The Morgan fingerprint density at radius 2 is 1.77 bits per heavy atom. The van der Waals surface area contributed by atoms with E-state index in [1.165, 1.54) is 0 Å². The van der Waals surface area contributed by atoms with Crippen molar-refractivity contribution < 1.29 is 22.8 Å². The fourth-order valence-corrected chi connectivity index (χ4v) is 0.467. The smallest absolute Gasteiger partial charge is 0.309 e. The van der Waals surface area contributed by atoms with E-state index in [2.05, 4.69) is 5.73 Å². The van der Waals surface area contributed by atoms with E-state index in [-0.39, 0.29) is 0 Å². The first kappa shape index (κ1) is 11.5. The molecule has 13 heavy (non-hydrogen) atoms. The molecule has 0 atom stereocenters. The standard InChI is InChI=1S/C6H7F3N2O2/c7-3(4(8)9)1-2-11-6(13)5(10)12/h1-2H2,(H2,10,12)(H,11,13). The van der Waals surface area contributed by atoms with Crippen LogP contribution in [-0.4, -0.2) is 18.4 Å². The molecule has 0 aliphatic carbocycles. The first-order chi connectivity index (χ1) is 5.95. The number of rotatable bonds is 3. The Labute approximate surface area is 71.6 Å². The molecule has 0 radical (unpaired) electrons. The summed E-state index contributed by atoms with van der Waals surface area (Å²) in [6, 6.07) is 0. The lowest BCUT2D eigenvalue weighted by Crippen LogP contribution is -2.36. The number of carbonyl (C=O) groups excluding carboxylic acids is 2. The molecule has 0 fully saturated rings. The minimum atomic E-state index is -2.44. The molecule has 0 aliphatic heterocycles. The molecule has 0 rings (SSSR count). The maximum atomic E-state index is 12.0. The highest BCUT2D eigenvalue weighted by Gasteiger charge is 2.09. The number of carbonyl (C=O) groups is 2. The minimum absolute atomic E-state index is 0.398. The van der Waals surface area contributed by atoms with Crippen molar-refractivity contribution in [3.63, 3.8) is 0 Å². The van der Waals surface area contributed by atoms with Gasteiger partial charge in [0.2, 0.25) is 0 Å². The second-order valence-corrected chi connectivity index (χ2v) is 2.04. The quantitative estimate of drug-likeness (QED) is 0.626. The van der Waals surface area contributed by atoms with Crippen molar-refractivity contribution in [1.82, 2.24) is 5.32 Å². The lowest BCUT2D eigenvalue weighted by Gasteiger charge is -1.99. The summed E-state index contributed by atoms with van der Waals surface area (Å²) in [6.07, 6.45) is -3.10. The summed E-state index contributed by atoms with van der Waals surface area (Å²) in [5.74, 6) is -4.00. The molecule has 0 aromatic carbocycles. The fraction of sp³-hybridized carbons (Fsp3) is 0.333. The third kappa shape index (κ3) is 4.83. The highest BCUT2D eigenvalue weighted by molar-refractivity contribution is 6.34. The Morgan fingerprint density at radius 1 is 1.23 bits per heavy atom. The summed E-state index contributed by atoms with van der Waals surface area (Å²) in [5, 5.41) is 1.85. The van der Waals surface area contributed by atoms with Crippen LogP contribution in [0.3, 0.4) is 0 Å². The van der Waals surface area contributed by atoms with E-state index in [0.29, 0.717) is 0 Å². The van der Waals surface area contributed by atoms with Crippen molar-refractivity contribution >= 4 is 11.8 Å². The van der Waals surface area contributed by atoms with Gasteiger partial charge in [0.05, 0.1) is 0 Å². The summed E-state index contributed by atoms with van der Waals surface area (Å²) in [6.45, 7) is -0.398. The number of primary amides is 1. The number of nitrogens with two attached hydrogens (primary N) is 1. The Hall–Kier alpha value is -1.53. The SMILES string of the molecule is NC(=O)C(=O)NCCC(F)=C(F)F. The number of nitrogens with one attached hydrogen (secondary N) is 1. The molecule has 0 aliphatic rings. The molecule has 4 nitrogen and oxygen atoms in total. The van der Waals surface area contributed by atoms with E-state index in [0.717, 1.165) is 0 Å². The van der Waals surface area contributed by atoms with Gasteiger partial charge in [0, 0.05) is 13.0 Å². The Kier molecular flexibility index (Phi) is 4.57. The normalized spacial score (nSPS) is 9.15. The van der Waals surface area contributed by atoms with Gasteiger partial charge in [0.15, 0.2) is 5.83 Å². The van der Waals surface area contributed by atoms with E-state index < -0.39 is 36.7 Å². The molecular weight excluding hydrogens is 189 g/mol. The van der Waals surface area contributed by atoms with Gasteiger partial charge < -0.3 is 11.1 Å². The number of hydrogen-bond acceptors (Lipinski definition) is 2.